The number of alkyl halides is 3. The number of aliphatic hydroxyl groups excluding tert-OH is 1. The number of aliphatic hydroxyl groups is 1. The molecule has 0 saturated carbocycles. The molecule has 2 fully saturated rings. The maximum absolute atomic E-state index is 12.8. The van der Waals surface area contributed by atoms with Gasteiger partial charge in [-0.3, -0.25) is 9.69 Å². The van der Waals surface area contributed by atoms with Crippen molar-refractivity contribution in [2.75, 3.05) is 19.7 Å². The van der Waals surface area contributed by atoms with E-state index in [4.69, 9.17) is 0 Å². The summed E-state index contributed by atoms with van der Waals surface area (Å²) < 4.78 is 38.4. The first-order valence-electron chi connectivity index (χ1n) is 11.3. The molecule has 1 amide bonds. The summed E-state index contributed by atoms with van der Waals surface area (Å²) >= 11 is 0. The number of amides is 1. The van der Waals surface area contributed by atoms with Crippen LogP contribution in [0.4, 0.5) is 13.2 Å². The van der Waals surface area contributed by atoms with Crippen LogP contribution in [0, 0.1) is 0 Å². The Balaban J connectivity index is 1.38. The summed E-state index contributed by atoms with van der Waals surface area (Å²) in [5.41, 5.74) is 1.03. The topological polar surface area (TPSA) is 64.0 Å². The van der Waals surface area contributed by atoms with Crippen LogP contribution < -0.4 is 0 Å². The van der Waals surface area contributed by atoms with Gasteiger partial charge in [-0.2, -0.15) is 13.2 Å². The van der Waals surface area contributed by atoms with Crippen molar-refractivity contribution in [3.05, 3.63) is 65.2 Å². The van der Waals surface area contributed by atoms with Crippen molar-refractivity contribution in [3.8, 4) is 5.75 Å². The number of hydrogen-bond donors (Lipinski definition) is 2. The zero-order chi connectivity index (χ0) is 23.6. The van der Waals surface area contributed by atoms with Gasteiger partial charge in [-0.15, -0.1) is 0 Å². The summed E-state index contributed by atoms with van der Waals surface area (Å²) in [6.45, 7) is 0.596. The largest absolute Gasteiger partial charge is 0.508 e. The molecule has 0 aliphatic carbocycles. The minimum absolute atomic E-state index is 0.159. The van der Waals surface area contributed by atoms with E-state index in [0.717, 1.165) is 43.4 Å². The summed E-state index contributed by atoms with van der Waals surface area (Å²) in [7, 11) is 0. The molecule has 2 unspecified atom stereocenters. The monoisotopic (exact) mass is 462 g/mol. The highest BCUT2D eigenvalue weighted by molar-refractivity contribution is 5.77. The zero-order valence-electron chi connectivity index (χ0n) is 18.3. The van der Waals surface area contributed by atoms with E-state index < -0.39 is 24.3 Å². The Labute approximate surface area is 191 Å². The fourth-order valence-corrected chi connectivity index (χ4v) is 5.34. The molecule has 5 nitrogen and oxygen atoms in total. The van der Waals surface area contributed by atoms with Crippen molar-refractivity contribution in [2.45, 2.75) is 56.4 Å². The van der Waals surface area contributed by atoms with Gasteiger partial charge < -0.3 is 15.1 Å². The molecule has 2 aliphatic rings. The smallest absolute Gasteiger partial charge is 0.416 e. The third-order valence-electron chi connectivity index (χ3n) is 7.00. The Bertz CT molecular complexity index is 950. The van der Waals surface area contributed by atoms with E-state index >= 15 is 0 Å². The standard InChI is InChI=1S/C25H29F3N2O3/c26-25(27,28)20-6-4-17(5-7-20)15-29(24(33)16-31)10-11-30-21-8-9-22(30)13-19(12-21)18-2-1-3-23(32)14-18/h1-7,14,19,21-22,31-32H,8-13,15-16H2. The highest BCUT2D eigenvalue weighted by Crippen LogP contribution is 2.43. The number of nitrogens with zero attached hydrogens (tertiary/aromatic N) is 2. The minimum Gasteiger partial charge on any atom is -0.508 e. The lowest BCUT2D eigenvalue weighted by Crippen LogP contribution is -2.47. The van der Waals surface area contributed by atoms with Crippen molar-refractivity contribution in [3.63, 3.8) is 0 Å². The third-order valence-corrected chi connectivity index (χ3v) is 7.00. The number of benzene rings is 2. The summed E-state index contributed by atoms with van der Waals surface area (Å²) in [6.07, 6.45) is -0.234. The van der Waals surface area contributed by atoms with Gasteiger partial charge in [0.15, 0.2) is 0 Å². The first-order chi connectivity index (χ1) is 15.7. The number of phenolic OH excluding ortho intramolecular Hbond substituents is 1. The van der Waals surface area contributed by atoms with Crippen LogP contribution in [-0.4, -0.2) is 57.7 Å². The molecule has 0 radical (unpaired) electrons. The molecule has 2 bridgehead atoms. The second kappa shape index (κ2) is 9.73. The van der Waals surface area contributed by atoms with E-state index in [2.05, 4.69) is 11.0 Å². The molecule has 2 heterocycles. The van der Waals surface area contributed by atoms with E-state index in [1.807, 2.05) is 12.1 Å². The number of fused-ring (bicyclic) bond motifs is 2. The summed E-state index contributed by atoms with van der Waals surface area (Å²) in [5.74, 6) is 0.244. The molecule has 2 N–H and O–H groups in total. The van der Waals surface area contributed by atoms with Crippen LogP contribution in [0.15, 0.2) is 48.5 Å². The van der Waals surface area contributed by atoms with E-state index in [1.165, 1.54) is 17.0 Å². The van der Waals surface area contributed by atoms with Crippen LogP contribution in [0.5, 0.6) is 5.75 Å². The second-order valence-corrected chi connectivity index (χ2v) is 9.05. The van der Waals surface area contributed by atoms with Crippen LogP contribution in [-0.2, 0) is 17.5 Å². The molecule has 8 heteroatoms. The lowest BCUT2D eigenvalue weighted by atomic mass is 9.85. The molecule has 2 aromatic carbocycles. The summed E-state index contributed by atoms with van der Waals surface area (Å²) in [5, 5.41) is 19.2. The summed E-state index contributed by atoms with van der Waals surface area (Å²) in [4.78, 5) is 16.3. The number of carbonyl (C=O) groups excluding carboxylic acids is 1. The third kappa shape index (κ3) is 5.50. The SMILES string of the molecule is O=C(CO)N(CCN1C2CCC1CC(c1cccc(O)c1)C2)Cc1ccc(C(F)(F)F)cc1. The number of halogens is 3. The van der Waals surface area contributed by atoms with Gasteiger partial charge in [-0.05, 0) is 67.0 Å². The Morgan fingerprint density at radius 2 is 1.73 bits per heavy atom. The quantitative estimate of drug-likeness (QED) is 0.649. The van der Waals surface area contributed by atoms with Gasteiger partial charge in [-0.1, -0.05) is 24.3 Å². The molecule has 2 atom stereocenters. The van der Waals surface area contributed by atoms with E-state index in [-0.39, 0.29) is 12.3 Å². The maximum Gasteiger partial charge on any atom is 0.416 e. The molecule has 2 saturated heterocycles. The fraction of sp³-hybridized carbons (Fsp3) is 0.480. The Morgan fingerprint density at radius 1 is 1.06 bits per heavy atom. The predicted molar refractivity (Wildman–Crippen MR) is 118 cm³/mol. The van der Waals surface area contributed by atoms with Crippen LogP contribution in [0.25, 0.3) is 0 Å². The molecule has 2 aromatic rings. The Morgan fingerprint density at radius 3 is 2.30 bits per heavy atom. The lowest BCUT2D eigenvalue weighted by molar-refractivity contribution is -0.138. The van der Waals surface area contributed by atoms with Gasteiger partial charge in [0.2, 0.25) is 5.91 Å². The molecular formula is C25H29F3N2O3. The van der Waals surface area contributed by atoms with Crippen molar-refractivity contribution in [2.24, 2.45) is 0 Å². The van der Waals surface area contributed by atoms with Crippen LogP contribution in [0.1, 0.15) is 48.3 Å². The van der Waals surface area contributed by atoms with E-state index in [1.54, 1.807) is 6.07 Å². The van der Waals surface area contributed by atoms with Crippen LogP contribution >= 0.6 is 0 Å². The van der Waals surface area contributed by atoms with E-state index in [9.17, 15) is 28.2 Å². The molecular weight excluding hydrogens is 433 g/mol. The molecule has 178 valence electrons. The molecule has 0 aromatic heterocycles. The average Bonchev–Trinajstić information content (AvgIpc) is 3.02. The fourth-order valence-electron chi connectivity index (χ4n) is 5.34. The highest BCUT2D eigenvalue weighted by Gasteiger charge is 2.41. The Kier molecular flexibility index (Phi) is 6.95. The van der Waals surface area contributed by atoms with Crippen molar-refractivity contribution < 1.29 is 28.2 Å². The minimum atomic E-state index is -4.40. The van der Waals surface area contributed by atoms with Gasteiger partial charge in [0.1, 0.15) is 12.4 Å². The normalized spacial score (nSPS) is 23.0. The zero-order valence-corrected chi connectivity index (χ0v) is 18.3. The van der Waals surface area contributed by atoms with Crippen molar-refractivity contribution in [1.29, 1.82) is 0 Å². The average molecular weight is 463 g/mol. The number of rotatable bonds is 7. The highest BCUT2D eigenvalue weighted by atomic mass is 19.4. The molecule has 2 aliphatic heterocycles. The predicted octanol–water partition coefficient (Wildman–Crippen LogP) is 4.14. The van der Waals surface area contributed by atoms with Crippen molar-refractivity contribution in [1.82, 2.24) is 9.80 Å². The van der Waals surface area contributed by atoms with E-state index in [0.29, 0.717) is 36.7 Å². The number of carbonyl (C=O) groups is 1. The lowest BCUT2D eigenvalue weighted by Gasteiger charge is -2.40. The maximum atomic E-state index is 12.8. The number of hydrogen-bond acceptors (Lipinski definition) is 4. The van der Waals surface area contributed by atoms with Crippen LogP contribution in [0.3, 0.4) is 0 Å². The number of phenols is 1. The number of aromatic hydroxyl groups is 1. The molecule has 0 spiro atoms. The first kappa shape index (κ1) is 23.6. The molecule has 4 rings (SSSR count). The van der Waals surface area contributed by atoms with Gasteiger partial charge in [0, 0.05) is 31.7 Å². The van der Waals surface area contributed by atoms with Gasteiger partial charge in [0.25, 0.3) is 0 Å². The van der Waals surface area contributed by atoms with Gasteiger partial charge >= 0.3 is 6.18 Å². The second-order valence-electron chi connectivity index (χ2n) is 9.05. The van der Waals surface area contributed by atoms with Crippen molar-refractivity contribution >= 4 is 5.91 Å². The first-order valence-corrected chi connectivity index (χ1v) is 11.3. The van der Waals surface area contributed by atoms with Gasteiger partial charge in [0.05, 0.1) is 5.56 Å². The molecule has 33 heavy (non-hydrogen) atoms. The Hall–Kier alpha value is -2.58. The van der Waals surface area contributed by atoms with Crippen LogP contribution in [0.2, 0.25) is 0 Å². The number of piperidine rings is 1. The van der Waals surface area contributed by atoms with Gasteiger partial charge in [-0.25, -0.2) is 0 Å². The summed E-state index contributed by atoms with van der Waals surface area (Å²) in [6, 6.07) is 13.0.